The third kappa shape index (κ3) is 6.76. The number of aromatic nitrogens is 2. The first-order valence-electron chi connectivity index (χ1n) is 7.96. The molecule has 1 heterocycles. The van der Waals surface area contributed by atoms with Crippen LogP contribution in [-0.4, -0.2) is 29.7 Å². The number of anilines is 2. The van der Waals surface area contributed by atoms with E-state index < -0.39 is 0 Å². The molecule has 5 heteroatoms. The maximum Gasteiger partial charge on any atom is 0.158 e. The minimum atomic E-state index is 0.393. The van der Waals surface area contributed by atoms with Crippen molar-refractivity contribution in [2.75, 3.05) is 24.3 Å². The number of methoxy groups -OCH3 is 1. The van der Waals surface area contributed by atoms with Crippen molar-refractivity contribution >= 4 is 11.6 Å². The zero-order valence-electron chi connectivity index (χ0n) is 14.1. The van der Waals surface area contributed by atoms with E-state index in [0.717, 1.165) is 31.0 Å². The molecule has 2 N–H and O–H groups in total. The highest BCUT2D eigenvalue weighted by atomic mass is 16.5. The predicted molar refractivity (Wildman–Crippen MR) is 88.7 cm³/mol. The number of nitrogens with one attached hydrogen (secondary N) is 2. The van der Waals surface area contributed by atoms with Crippen LogP contribution in [0.25, 0.3) is 0 Å². The van der Waals surface area contributed by atoms with Crippen LogP contribution in [0, 0.1) is 5.92 Å². The minimum Gasteiger partial charge on any atom is -0.377 e. The van der Waals surface area contributed by atoms with Crippen molar-refractivity contribution in [2.45, 2.75) is 59.6 Å². The van der Waals surface area contributed by atoms with Gasteiger partial charge in [0.2, 0.25) is 0 Å². The zero-order chi connectivity index (χ0) is 15.7. The average Bonchev–Trinajstić information content (AvgIpc) is 2.45. The first-order chi connectivity index (χ1) is 10.1. The summed E-state index contributed by atoms with van der Waals surface area (Å²) in [6.07, 6.45) is 3.41. The van der Waals surface area contributed by atoms with Crippen molar-refractivity contribution in [3.8, 4) is 0 Å². The molecule has 0 aliphatic rings. The summed E-state index contributed by atoms with van der Waals surface area (Å²) in [7, 11) is 1.66. The van der Waals surface area contributed by atoms with Crippen LogP contribution in [0.4, 0.5) is 11.6 Å². The van der Waals surface area contributed by atoms with Crippen LogP contribution >= 0.6 is 0 Å². The molecule has 0 amide bonds. The SMILES string of the molecule is CCCNc1cc(NC(C)CC(C)CC)nc(COC)n1. The van der Waals surface area contributed by atoms with Crippen molar-refractivity contribution in [3.05, 3.63) is 11.9 Å². The van der Waals surface area contributed by atoms with Gasteiger partial charge in [0.05, 0.1) is 0 Å². The first kappa shape index (κ1) is 17.7. The van der Waals surface area contributed by atoms with Gasteiger partial charge < -0.3 is 15.4 Å². The Kier molecular flexibility index (Phi) is 8.05. The van der Waals surface area contributed by atoms with Gasteiger partial charge in [-0.3, -0.25) is 0 Å². The highest BCUT2D eigenvalue weighted by Gasteiger charge is 2.10. The molecular weight excluding hydrogens is 264 g/mol. The Balaban J connectivity index is 2.76. The van der Waals surface area contributed by atoms with Crippen LogP contribution in [0.3, 0.4) is 0 Å². The minimum absolute atomic E-state index is 0.393. The highest BCUT2D eigenvalue weighted by Crippen LogP contribution is 2.16. The van der Waals surface area contributed by atoms with Crippen molar-refractivity contribution < 1.29 is 4.74 Å². The van der Waals surface area contributed by atoms with E-state index in [-0.39, 0.29) is 0 Å². The second-order valence-corrected chi connectivity index (χ2v) is 5.71. The Labute approximate surface area is 128 Å². The average molecular weight is 294 g/mol. The molecule has 21 heavy (non-hydrogen) atoms. The Bertz CT molecular complexity index is 411. The third-order valence-electron chi connectivity index (χ3n) is 3.45. The second-order valence-electron chi connectivity index (χ2n) is 5.71. The quantitative estimate of drug-likeness (QED) is 0.689. The van der Waals surface area contributed by atoms with Crippen LogP contribution in [0.2, 0.25) is 0 Å². The monoisotopic (exact) mass is 294 g/mol. The van der Waals surface area contributed by atoms with Gasteiger partial charge in [-0.05, 0) is 25.7 Å². The lowest BCUT2D eigenvalue weighted by molar-refractivity contribution is 0.178. The van der Waals surface area contributed by atoms with Gasteiger partial charge in [-0.2, -0.15) is 0 Å². The summed E-state index contributed by atoms with van der Waals surface area (Å²) in [5, 5.41) is 6.79. The predicted octanol–water partition coefficient (Wildman–Crippen LogP) is 3.68. The fourth-order valence-electron chi connectivity index (χ4n) is 2.19. The summed E-state index contributed by atoms with van der Waals surface area (Å²) in [5.74, 6) is 3.14. The van der Waals surface area contributed by atoms with E-state index in [0.29, 0.717) is 24.4 Å². The van der Waals surface area contributed by atoms with E-state index in [4.69, 9.17) is 4.74 Å². The largest absolute Gasteiger partial charge is 0.377 e. The molecule has 5 nitrogen and oxygen atoms in total. The van der Waals surface area contributed by atoms with E-state index >= 15 is 0 Å². The van der Waals surface area contributed by atoms with Crippen LogP contribution in [0.15, 0.2) is 6.07 Å². The summed E-state index contributed by atoms with van der Waals surface area (Å²) in [6, 6.07) is 2.37. The molecule has 0 saturated heterocycles. The number of nitrogens with zero attached hydrogens (tertiary/aromatic N) is 2. The lowest BCUT2D eigenvalue weighted by atomic mass is 10.0. The number of hydrogen-bond acceptors (Lipinski definition) is 5. The van der Waals surface area contributed by atoms with Crippen LogP contribution in [0.1, 0.15) is 52.8 Å². The highest BCUT2D eigenvalue weighted by molar-refractivity contribution is 5.48. The van der Waals surface area contributed by atoms with Gasteiger partial charge in [0.1, 0.15) is 18.2 Å². The summed E-state index contributed by atoms with van der Waals surface area (Å²) in [6.45, 7) is 10.2. The van der Waals surface area contributed by atoms with Crippen molar-refractivity contribution in [1.82, 2.24) is 9.97 Å². The third-order valence-corrected chi connectivity index (χ3v) is 3.45. The van der Waals surface area contributed by atoms with Gasteiger partial charge in [-0.1, -0.05) is 27.2 Å². The second kappa shape index (κ2) is 9.55. The molecule has 0 spiro atoms. The molecule has 1 aromatic heterocycles. The molecule has 2 unspecified atom stereocenters. The number of rotatable bonds is 10. The molecule has 0 aliphatic carbocycles. The van der Waals surface area contributed by atoms with Crippen LogP contribution in [0.5, 0.6) is 0 Å². The Morgan fingerprint density at radius 3 is 2.52 bits per heavy atom. The summed E-state index contributed by atoms with van der Waals surface area (Å²) in [4.78, 5) is 8.97. The molecular formula is C16H30N4O. The zero-order valence-corrected chi connectivity index (χ0v) is 14.1. The maximum absolute atomic E-state index is 5.15. The van der Waals surface area contributed by atoms with Gasteiger partial charge in [0.25, 0.3) is 0 Å². The van der Waals surface area contributed by atoms with E-state index in [9.17, 15) is 0 Å². The lowest BCUT2D eigenvalue weighted by Gasteiger charge is -2.19. The number of ether oxygens (including phenoxy) is 1. The molecule has 0 radical (unpaired) electrons. The van der Waals surface area contributed by atoms with Gasteiger partial charge in [0, 0.05) is 25.8 Å². The van der Waals surface area contributed by atoms with Crippen LogP contribution in [-0.2, 0) is 11.3 Å². The standard InChI is InChI=1S/C16H30N4O/c1-6-8-17-14-10-15(20-16(19-14)11-21-5)18-13(4)9-12(3)7-2/h10,12-13H,6-9,11H2,1-5H3,(H2,17,18,19,20). The van der Waals surface area contributed by atoms with E-state index in [1.54, 1.807) is 7.11 Å². The molecule has 0 fully saturated rings. The van der Waals surface area contributed by atoms with Gasteiger partial charge >= 0.3 is 0 Å². The lowest BCUT2D eigenvalue weighted by Crippen LogP contribution is -2.20. The number of hydrogen-bond donors (Lipinski definition) is 2. The molecule has 0 aromatic carbocycles. The normalized spacial score (nSPS) is 13.8. The van der Waals surface area contributed by atoms with Crippen molar-refractivity contribution in [1.29, 1.82) is 0 Å². The molecule has 0 bridgehead atoms. The molecule has 0 aliphatic heterocycles. The van der Waals surface area contributed by atoms with Gasteiger partial charge in [-0.15, -0.1) is 0 Å². The summed E-state index contributed by atoms with van der Waals surface area (Å²) in [5.41, 5.74) is 0. The van der Waals surface area contributed by atoms with Crippen molar-refractivity contribution in [2.24, 2.45) is 5.92 Å². The van der Waals surface area contributed by atoms with E-state index in [2.05, 4.69) is 48.3 Å². The molecule has 0 saturated carbocycles. The summed E-state index contributed by atoms with van der Waals surface area (Å²) < 4.78 is 5.15. The van der Waals surface area contributed by atoms with E-state index in [1.165, 1.54) is 6.42 Å². The Hall–Kier alpha value is -1.36. The smallest absolute Gasteiger partial charge is 0.158 e. The van der Waals surface area contributed by atoms with Gasteiger partial charge in [0.15, 0.2) is 5.82 Å². The molecule has 1 rings (SSSR count). The molecule has 120 valence electrons. The van der Waals surface area contributed by atoms with Crippen molar-refractivity contribution in [3.63, 3.8) is 0 Å². The molecule has 1 aromatic rings. The Morgan fingerprint density at radius 1 is 1.19 bits per heavy atom. The summed E-state index contributed by atoms with van der Waals surface area (Å²) >= 11 is 0. The van der Waals surface area contributed by atoms with Crippen LogP contribution < -0.4 is 10.6 Å². The fourth-order valence-corrected chi connectivity index (χ4v) is 2.19. The molecule has 2 atom stereocenters. The van der Waals surface area contributed by atoms with Gasteiger partial charge in [-0.25, -0.2) is 9.97 Å². The topological polar surface area (TPSA) is 59.1 Å². The Morgan fingerprint density at radius 2 is 1.90 bits per heavy atom. The van der Waals surface area contributed by atoms with E-state index in [1.807, 2.05) is 6.07 Å². The maximum atomic E-state index is 5.15. The first-order valence-corrected chi connectivity index (χ1v) is 7.96. The fraction of sp³-hybridized carbons (Fsp3) is 0.750.